The maximum Gasteiger partial charge on any atom is 0.322 e. The summed E-state index contributed by atoms with van der Waals surface area (Å²) in [4.78, 5) is 12.0. The van der Waals surface area contributed by atoms with Crippen molar-refractivity contribution in [1.29, 1.82) is 0 Å². The molecule has 0 spiro atoms. The van der Waals surface area contributed by atoms with E-state index in [9.17, 15) is 4.79 Å². The van der Waals surface area contributed by atoms with Gasteiger partial charge in [0, 0.05) is 0 Å². The summed E-state index contributed by atoms with van der Waals surface area (Å²) in [7, 11) is 0. The van der Waals surface area contributed by atoms with E-state index in [-0.39, 0.29) is 5.97 Å². The van der Waals surface area contributed by atoms with Crippen LogP contribution in [0.4, 0.5) is 0 Å². The van der Waals surface area contributed by atoms with E-state index in [0.717, 1.165) is 44.9 Å². The average Bonchev–Trinajstić information content (AvgIpc) is 2.72. The van der Waals surface area contributed by atoms with Crippen LogP contribution in [0, 0.1) is 0 Å². The zero-order chi connectivity index (χ0) is 21.6. The Morgan fingerprint density at radius 1 is 0.690 bits per heavy atom. The van der Waals surface area contributed by atoms with E-state index in [0.29, 0.717) is 13.0 Å². The van der Waals surface area contributed by atoms with Crippen LogP contribution in [-0.2, 0) is 9.53 Å². The van der Waals surface area contributed by atoms with Gasteiger partial charge >= 0.3 is 5.97 Å². The number of alkyl halides is 1. The van der Waals surface area contributed by atoms with Gasteiger partial charge in [-0.25, -0.2) is 0 Å². The standard InChI is InChI=1S/C26H39IO2/c1-4-7-8-9-10-11-12-13-14-15-16-17-18-19-20-21-22-23-24-26(27,5-2)25(28)29-6-3/h7-8,10-11,13-14,16-17,19-20,22-23H,4-6,9,12,15,18,21,24H2,1-3H3/b8-7-,11-10-,14-13-,17-16-,20-19-,23-22-. The zero-order valence-electron chi connectivity index (χ0n) is 18.5. The van der Waals surface area contributed by atoms with Crippen molar-refractivity contribution in [2.45, 2.75) is 75.6 Å². The molecule has 1 atom stereocenters. The van der Waals surface area contributed by atoms with Gasteiger partial charge in [0.1, 0.15) is 3.42 Å². The van der Waals surface area contributed by atoms with Crippen molar-refractivity contribution in [2.75, 3.05) is 6.61 Å². The summed E-state index contributed by atoms with van der Waals surface area (Å²) in [6.07, 6.45) is 33.7. The molecule has 0 rings (SSSR count). The second-order valence-corrected chi connectivity index (χ2v) is 8.72. The number of esters is 1. The van der Waals surface area contributed by atoms with Crippen LogP contribution in [0.15, 0.2) is 72.9 Å². The van der Waals surface area contributed by atoms with Crippen LogP contribution in [0.1, 0.15) is 72.1 Å². The molecule has 0 radical (unpaired) electrons. The van der Waals surface area contributed by atoms with Gasteiger partial charge in [-0.05, 0) is 58.3 Å². The lowest BCUT2D eigenvalue weighted by atomic mass is 10.0. The molecule has 0 aromatic carbocycles. The summed E-state index contributed by atoms with van der Waals surface area (Å²) in [6.45, 7) is 6.47. The van der Waals surface area contributed by atoms with Crippen LogP contribution in [0.2, 0.25) is 0 Å². The fourth-order valence-corrected chi connectivity index (χ4v) is 2.83. The lowest BCUT2D eigenvalue weighted by molar-refractivity contribution is -0.145. The van der Waals surface area contributed by atoms with Crippen molar-refractivity contribution in [1.82, 2.24) is 0 Å². The molecular formula is C26H39IO2. The van der Waals surface area contributed by atoms with Crippen LogP contribution < -0.4 is 0 Å². The summed E-state index contributed by atoms with van der Waals surface area (Å²) in [6, 6.07) is 0. The monoisotopic (exact) mass is 510 g/mol. The first-order chi connectivity index (χ1) is 14.1. The smallest absolute Gasteiger partial charge is 0.322 e. The number of halogens is 1. The topological polar surface area (TPSA) is 26.3 Å². The van der Waals surface area contributed by atoms with Crippen molar-refractivity contribution in [3.8, 4) is 0 Å². The van der Waals surface area contributed by atoms with E-state index < -0.39 is 3.42 Å². The van der Waals surface area contributed by atoms with E-state index >= 15 is 0 Å². The van der Waals surface area contributed by atoms with Crippen LogP contribution in [0.25, 0.3) is 0 Å². The number of ether oxygens (including phenoxy) is 1. The Morgan fingerprint density at radius 3 is 1.41 bits per heavy atom. The van der Waals surface area contributed by atoms with Crippen molar-refractivity contribution < 1.29 is 9.53 Å². The average molecular weight is 511 g/mol. The number of hydrogen-bond donors (Lipinski definition) is 0. The molecule has 0 aliphatic carbocycles. The fourth-order valence-electron chi connectivity index (χ4n) is 2.42. The molecule has 0 aliphatic rings. The molecule has 0 saturated heterocycles. The molecule has 0 saturated carbocycles. The van der Waals surface area contributed by atoms with E-state index in [2.05, 4.69) is 102 Å². The van der Waals surface area contributed by atoms with Crippen LogP contribution in [0.3, 0.4) is 0 Å². The zero-order valence-corrected chi connectivity index (χ0v) is 20.6. The molecule has 0 N–H and O–H groups in total. The van der Waals surface area contributed by atoms with Gasteiger partial charge in [0.25, 0.3) is 0 Å². The van der Waals surface area contributed by atoms with Gasteiger partial charge in [0.15, 0.2) is 0 Å². The summed E-state index contributed by atoms with van der Waals surface area (Å²) < 4.78 is 4.73. The molecule has 3 heteroatoms. The molecule has 0 amide bonds. The highest BCUT2D eigenvalue weighted by atomic mass is 127. The van der Waals surface area contributed by atoms with Gasteiger partial charge in [0.05, 0.1) is 6.61 Å². The molecule has 29 heavy (non-hydrogen) atoms. The fraction of sp³-hybridized carbons (Fsp3) is 0.500. The van der Waals surface area contributed by atoms with Gasteiger partial charge in [-0.2, -0.15) is 0 Å². The molecule has 0 fully saturated rings. The molecule has 0 aliphatic heterocycles. The van der Waals surface area contributed by atoms with Crippen LogP contribution in [0.5, 0.6) is 0 Å². The maximum absolute atomic E-state index is 12.0. The molecule has 0 bridgehead atoms. The van der Waals surface area contributed by atoms with E-state index in [1.165, 1.54) is 0 Å². The van der Waals surface area contributed by atoms with Crippen LogP contribution >= 0.6 is 22.6 Å². The van der Waals surface area contributed by atoms with Crippen molar-refractivity contribution in [2.24, 2.45) is 0 Å². The third kappa shape index (κ3) is 16.2. The highest BCUT2D eigenvalue weighted by Gasteiger charge is 2.33. The van der Waals surface area contributed by atoms with Crippen molar-refractivity contribution in [3.05, 3.63) is 72.9 Å². The molecule has 1 unspecified atom stereocenters. The Hall–Kier alpha value is -1.36. The minimum atomic E-state index is -0.438. The molecule has 0 heterocycles. The number of allylic oxidation sites excluding steroid dienone is 12. The second kappa shape index (κ2) is 19.9. The highest BCUT2D eigenvalue weighted by molar-refractivity contribution is 14.1. The Morgan fingerprint density at radius 2 is 1.07 bits per heavy atom. The van der Waals surface area contributed by atoms with Crippen molar-refractivity contribution in [3.63, 3.8) is 0 Å². The largest absolute Gasteiger partial charge is 0.465 e. The Bertz CT molecular complexity index is 582. The van der Waals surface area contributed by atoms with Crippen molar-refractivity contribution >= 4 is 28.6 Å². The quantitative estimate of drug-likeness (QED) is 0.0905. The predicted octanol–water partition coefficient (Wildman–Crippen LogP) is 8.22. The number of rotatable bonds is 16. The van der Waals surface area contributed by atoms with E-state index in [1.807, 2.05) is 13.8 Å². The first-order valence-electron chi connectivity index (χ1n) is 10.9. The lowest BCUT2D eigenvalue weighted by Crippen LogP contribution is -2.32. The first kappa shape index (κ1) is 27.6. The van der Waals surface area contributed by atoms with Gasteiger partial charge in [0.2, 0.25) is 0 Å². The molecular weight excluding hydrogens is 471 g/mol. The van der Waals surface area contributed by atoms with Crippen LogP contribution in [-0.4, -0.2) is 16.0 Å². The summed E-state index contributed by atoms with van der Waals surface area (Å²) in [5.41, 5.74) is 0. The Labute approximate surface area is 192 Å². The Balaban J connectivity index is 3.87. The van der Waals surface area contributed by atoms with Gasteiger partial charge in [-0.3, -0.25) is 4.79 Å². The normalized spacial score (nSPS) is 15.0. The number of carbonyl (C=O) groups is 1. The predicted molar refractivity (Wildman–Crippen MR) is 137 cm³/mol. The maximum atomic E-state index is 12.0. The molecule has 2 nitrogen and oxygen atoms in total. The minimum absolute atomic E-state index is 0.109. The third-order valence-corrected chi connectivity index (χ3v) is 5.88. The molecule has 0 aromatic rings. The Kier molecular flexibility index (Phi) is 19.0. The second-order valence-electron chi connectivity index (χ2n) is 6.66. The first-order valence-corrected chi connectivity index (χ1v) is 11.9. The summed E-state index contributed by atoms with van der Waals surface area (Å²) in [5, 5.41) is 0. The highest BCUT2D eigenvalue weighted by Crippen LogP contribution is 2.29. The summed E-state index contributed by atoms with van der Waals surface area (Å²) in [5.74, 6) is -0.109. The lowest BCUT2D eigenvalue weighted by Gasteiger charge is -2.21. The van der Waals surface area contributed by atoms with Gasteiger partial charge in [-0.1, -0.05) is 109 Å². The molecule has 0 aromatic heterocycles. The molecule has 162 valence electrons. The SMILES string of the molecule is CC/C=C\C/C=C\C/C=C\C/C=C\C/C=C\C/C=C\CC(I)(CC)C(=O)OCC. The van der Waals surface area contributed by atoms with E-state index in [4.69, 9.17) is 4.74 Å². The third-order valence-electron chi connectivity index (χ3n) is 4.24. The van der Waals surface area contributed by atoms with Gasteiger partial charge in [-0.15, -0.1) is 0 Å². The minimum Gasteiger partial charge on any atom is -0.465 e. The number of hydrogen-bond acceptors (Lipinski definition) is 2. The summed E-state index contributed by atoms with van der Waals surface area (Å²) >= 11 is 2.23. The van der Waals surface area contributed by atoms with Gasteiger partial charge < -0.3 is 4.74 Å². The van der Waals surface area contributed by atoms with E-state index in [1.54, 1.807) is 0 Å². The number of carbonyl (C=O) groups excluding carboxylic acids is 1.